The number of amides is 1. The van der Waals surface area contributed by atoms with E-state index in [4.69, 9.17) is 14.2 Å². The Morgan fingerprint density at radius 3 is 2.31 bits per heavy atom. The van der Waals surface area contributed by atoms with Crippen LogP contribution in [0.25, 0.3) is 0 Å². The van der Waals surface area contributed by atoms with E-state index < -0.39 is 5.97 Å². The largest absolute Gasteiger partial charge is 0.493 e. The molecule has 0 saturated heterocycles. The molecule has 0 aromatic heterocycles. The van der Waals surface area contributed by atoms with Crippen LogP contribution in [0.15, 0.2) is 72.8 Å². The van der Waals surface area contributed by atoms with E-state index in [9.17, 15) is 9.59 Å². The lowest BCUT2D eigenvalue weighted by Gasteiger charge is -2.11. The zero-order valence-electron chi connectivity index (χ0n) is 16.2. The van der Waals surface area contributed by atoms with Crippen LogP contribution in [0.1, 0.15) is 22.8 Å². The van der Waals surface area contributed by atoms with Crippen molar-refractivity contribution in [2.45, 2.75) is 13.5 Å². The Morgan fingerprint density at radius 1 is 0.897 bits per heavy atom. The van der Waals surface area contributed by atoms with Crippen LogP contribution in [0.5, 0.6) is 17.2 Å². The third-order valence-corrected chi connectivity index (χ3v) is 4.02. The van der Waals surface area contributed by atoms with Gasteiger partial charge in [-0.1, -0.05) is 30.3 Å². The van der Waals surface area contributed by atoms with Crippen LogP contribution >= 0.6 is 0 Å². The second-order valence-electron chi connectivity index (χ2n) is 6.23. The molecule has 148 valence electrons. The molecule has 0 atom stereocenters. The van der Waals surface area contributed by atoms with E-state index in [1.807, 2.05) is 24.3 Å². The number of benzene rings is 3. The van der Waals surface area contributed by atoms with Crippen molar-refractivity contribution in [3.63, 3.8) is 0 Å². The number of methoxy groups -OCH3 is 1. The SMILES string of the molecule is COc1ccccc1OCc1ccc(C(=O)Oc2cccc(NC(C)=O)c2)cc1. The maximum Gasteiger partial charge on any atom is 0.343 e. The predicted molar refractivity (Wildman–Crippen MR) is 109 cm³/mol. The van der Waals surface area contributed by atoms with Crippen LogP contribution in [-0.2, 0) is 11.4 Å². The first kappa shape index (κ1) is 19.9. The summed E-state index contributed by atoms with van der Waals surface area (Å²) in [6.07, 6.45) is 0. The highest BCUT2D eigenvalue weighted by Crippen LogP contribution is 2.26. The van der Waals surface area contributed by atoms with Crippen LogP contribution in [-0.4, -0.2) is 19.0 Å². The molecule has 1 N–H and O–H groups in total. The maximum absolute atomic E-state index is 12.4. The summed E-state index contributed by atoms with van der Waals surface area (Å²) in [5.41, 5.74) is 1.88. The van der Waals surface area contributed by atoms with Crippen molar-refractivity contribution in [1.29, 1.82) is 0 Å². The molecule has 0 radical (unpaired) electrons. The zero-order chi connectivity index (χ0) is 20.6. The van der Waals surface area contributed by atoms with Gasteiger partial charge < -0.3 is 19.5 Å². The molecule has 0 unspecified atom stereocenters. The zero-order valence-corrected chi connectivity index (χ0v) is 16.2. The molecule has 0 spiro atoms. The smallest absolute Gasteiger partial charge is 0.343 e. The van der Waals surface area contributed by atoms with E-state index in [2.05, 4.69) is 5.32 Å². The van der Waals surface area contributed by atoms with Gasteiger partial charge in [0, 0.05) is 18.7 Å². The first-order valence-electron chi connectivity index (χ1n) is 9.00. The van der Waals surface area contributed by atoms with Gasteiger partial charge in [-0.15, -0.1) is 0 Å². The van der Waals surface area contributed by atoms with Gasteiger partial charge in [0.1, 0.15) is 12.4 Å². The standard InChI is InChI=1S/C23H21NO5/c1-16(25)24-19-6-5-7-20(14-19)29-23(26)18-12-10-17(11-13-18)15-28-22-9-4-3-8-21(22)27-2/h3-14H,15H2,1-2H3,(H,24,25). The first-order chi connectivity index (χ1) is 14.0. The lowest BCUT2D eigenvalue weighted by Crippen LogP contribution is -2.10. The molecule has 0 aliphatic carbocycles. The van der Waals surface area contributed by atoms with Gasteiger partial charge in [0.15, 0.2) is 11.5 Å². The second kappa shape index (κ2) is 9.41. The fourth-order valence-corrected chi connectivity index (χ4v) is 2.64. The number of esters is 1. The number of carbonyl (C=O) groups is 2. The topological polar surface area (TPSA) is 73.9 Å². The minimum Gasteiger partial charge on any atom is -0.493 e. The van der Waals surface area contributed by atoms with E-state index in [0.29, 0.717) is 35.1 Å². The molecule has 6 heteroatoms. The molecule has 0 bridgehead atoms. The Hall–Kier alpha value is -3.80. The van der Waals surface area contributed by atoms with Gasteiger partial charge in [0.2, 0.25) is 5.91 Å². The summed E-state index contributed by atoms with van der Waals surface area (Å²) in [6.45, 7) is 1.76. The molecule has 6 nitrogen and oxygen atoms in total. The molecule has 1 amide bonds. The molecule has 3 aromatic rings. The number of hydrogen-bond donors (Lipinski definition) is 1. The minimum atomic E-state index is -0.484. The minimum absolute atomic E-state index is 0.195. The summed E-state index contributed by atoms with van der Waals surface area (Å²) in [5, 5.41) is 2.65. The highest BCUT2D eigenvalue weighted by atomic mass is 16.5. The van der Waals surface area contributed by atoms with Crippen LogP contribution in [0.2, 0.25) is 0 Å². The summed E-state index contributed by atoms with van der Waals surface area (Å²) in [5.74, 6) is 0.984. The highest BCUT2D eigenvalue weighted by molar-refractivity contribution is 5.92. The van der Waals surface area contributed by atoms with Gasteiger partial charge in [-0.25, -0.2) is 4.79 Å². The number of para-hydroxylation sites is 2. The van der Waals surface area contributed by atoms with Gasteiger partial charge in [-0.05, 0) is 42.0 Å². The Bertz CT molecular complexity index is 998. The fourth-order valence-electron chi connectivity index (χ4n) is 2.64. The van der Waals surface area contributed by atoms with Gasteiger partial charge >= 0.3 is 5.97 Å². The monoisotopic (exact) mass is 391 g/mol. The number of rotatable bonds is 7. The van der Waals surface area contributed by atoms with E-state index in [0.717, 1.165) is 5.56 Å². The van der Waals surface area contributed by atoms with Gasteiger partial charge in [-0.2, -0.15) is 0 Å². The van der Waals surface area contributed by atoms with E-state index in [-0.39, 0.29) is 5.91 Å². The van der Waals surface area contributed by atoms with Crippen molar-refractivity contribution in [2.24, 2.45) is 0 Å². The normalized spacial score (nSPS) is 10.1. The molecule has 0 fully saturated rings. The third kappa shape index (κ3) is 5.59. The molecular formula is C23H21NO5. The predicted octanol–water partition coefficient (Wildman–Crippen LogP) is 4.45. The van der Waals surface area contributed by atoms with Crippen LogP contribution in [0.3, 0.4) is 0 Å². The number of ether oxygens (including phenoxy) is 3. The van der Waals surface area contributed by atoms with Gasteiger partial charge in [0.25, 0.3) is 0 Å². The van der Waals surface area contributed by atoms with Crippen molar-refractivity contribution >= 4 is 17.6 Å². The number of hydrogen-bond acceptors (Lipinski definition) is 5. The van der Waals surface area contributed by atoms with Crippen LogP contribution in [0.4, 0.5) is 5.69 Å². The number of nitrogens with one attached hydrogen (secondary N) is 1. The van der Waals surface area contributed by atoms with Crippen molar-refractivity contribution in [1.82, 2.24) is 0 Å². The summed E-state index contributed by atoms with van der Waals surface area (Å²) in [6, 6.07) is 21.0. The number of anilines is 1. The molecule has 0 aliphatic rings. The van der Waals surface area contributed by atoms with Gasteiger partial charge in [0.05, 0.1) is 12.7 Å². The Balaban J connectivity index is 1.61. The molecule has 3 aromatic carbocycles. The summed E-state index contributed by atoms with van der Waals surface area (Å²) < 4.78 is 16.4. The van der Waals surface area contributed by atoms with Gasteiger partial charge in [-0.3, -0.25) is 4.79 Å². The summed E-state index contributed by atoms with van der Waals surface area (Å²) >= 11 is 0. The van der Waals surface area contributed by atoms with Crippen LogP contribution in [0, 0.1) is 0 Å². The van der Waals surface area contributed by atoms with Crippen molar-refractivity contribution in [3.8, 4) is 17.2 Å². The van der Waals surface area contributed by atoms with Crippen molar-refractivity contribution in [3.05, 3.63) is 83.9 Å². The Kier molecular flexibility index (Phi) is 6.47. The summed E-state index contributed by atoms with van der Waals surface area (Å²) in [7, 11) is 1.59. The molecule has 3 rings (SSSR count). The maximum atomic E-state index is 12.4. The van der Waals surface area contributed by atoms with E-state index >= 15 is 0 Å². The number of carbonyl (C=O) groups excluding carboxylic acids is 2. The lowest BCUT2D eigenvalue weighted by molar-refractivity contribution is -0.114. The average molecular weight is 391 g/mol. The van der Waals surface area contributed by atoms with E-state index in [1.54, 1.807) is 55.6 Å². The Labute approximate surface area is 169 Å². The molecule has 0 aliphatic heterocycles. The van der Waals surface area contributed by atoms with Crippen molar-refractivity contribution < 1.29 is 23.8 Å². The average Bonchev–Trinajstić information content (AvgIpc) is 2.72. The fraction of sp³-hybridized carbons (Fsp3) is 0.130. The van der Waals surface area contributed by atoms with Crippen molar-refractivity contribution in [2.75, 3.05) is 12.4 Å². The first-order valence-corrected chi connectivity index (χ1v) is 9.00. The second-order valence-corrected chi connectivity index (χ2v) is 6.23. The molecule has 0 heterocycles. The Morgan fingerprint density at radius 2 is 1.62 bits per heavy atom. The molecule has 29 heavy (non-hydrogen) atoms. The van der Waals surface area contributed by atoms with E-state index in [1.165, 1.54) is 6.92 Å². The summed E-state index contributed by atoms with van der Waals surface area (Å²) in [4.78, 5) is 23.5. The quantitative estimate of drug-likeness (QED) is 0.476. The van der Waals surface area contributed by atoms with Crippen LogP contribution < -0.4 is 19.5 Å². The molecule has 0 saturated carbocycles. The lowest BCUT2D eigenvalue weighted by atomic mass is 10.1. The highest BCUT2D eigenvalue weighted by Gasteiger charge is 2.10. The third-order valence-electron chi connectivity index (χ3n) is 4.02. The molecular weight excluding hydrogens is 370 g/mol.